The van der Waals surface area contributed by atoms with Gasteiger partial charge in [-0.25, -0.2) is 0 Å². The Morgan fingerprint density at radius 2 is 1.91 bits per heavy atom. The lowest BCUT2D eigenvalue weighted by molar-refractivity contribution is 0.474. The predicted molar refractivity (Wildman–Crippen MR) is 86.6 cm³/mol. The van der Waals surface area contributed by atoms with Crippen molar-refractivity contribution in [2.75, 3.05) is 0 Å². The van der Waals surface area contributed by atoms with Crippen LogP contribution in [0.1, 0.15) is 5.56 Å². The van der Waals surface area contributed by atoms with Crippen molar-refractivity contribution in [2.24, 2.45) is 5.10 Å². The monoisotopic (exact) mass is 332 g/mol. The topological polar surface area (TPSA) is 63.3 Å². The zero-order valence-corrected chi connectivity index (χ0v) is 12.7. The van der Waals surface area contributed by atoms with Gasteiger partial charge >= 0.3 is 0 Å². The van der Waals surface area contributed by atoms with Gasteiger partial charge in [0.25, 0.3) is 0 Å². The van der Waals surface area contributed by atoms with Gasteiger partial charge in [0.2, 0.25) is 0 Å². The van der Waals surface area contributed by atoms with Crippen LogP contribution in [0.5, 0.6) is 5.75 Å². The maximum Gasteiger partial charge on any atom is 0.184 e. The fourth-order valence-electron chi connectivity index (χ4n) is 1.90. The minimum Gasteiger partial charge on any atom is -0.506 e. The maximum absolute atomic E-state index is 9.91. The van der Waals surface area contributed by atoms with Crippen molar-refractivity contribution in [1.82, 2.24) is 14.9 Å². The summed E-state index contributed by atoms with van der Waals surface area (Å²) in [5.74, 6) is 0.508. The number of aromatic nitrogens is 3. The molecule has 0 saturated carbocycles. The summed E-state index contributed by atoms with van der Waals surface area (Å²) in [5.41, 5.74) is 1.29. The van der Waals surface area contributed by atoms with Gasteiger partial charge < -0.3 is 5.11 Å². The first-order valence-electron chi connectivity index (χ1n) is 6.33. The number of rotatable bonds is 3. The van der Waals surface area contributed by atoms with Gasteiger partial charge in [0.05, 0.1) is 11.2 Å². The van der Waals surface area contributed by atoms with Crippen molar-refractivity contribution in [1.29, 1.82) is 0 Å². The van der Waals surface area contributed by atoms with E-state index in [2.05, 4.69) is 15.3 Å². The van der Waals surface area contributed by atoms with E-state index in [9.17, 15) is 5.11 Å². The molecule has 0 fully saturated rings. The molecule has 3 aromatic rings. The number of benzene rings is 2. The van der Waals surface area contributed by atoms with Crippen LogP contribution in [0.3, 0.4) is 0 Å². The van der Waals surface area contributed by atoms with Crippen LogP contribution >= 0.6 is 23.2 Å². The van der Waals surface area contributed by atoms with Crippen LogP contribution in [0.4, 0.5) is 0 Å². The molecule has 0 unspecified atom stereocenters. The highest BCUT2D eigenvalue weighted by atomic mass is 35.5. The summed E-state index contributed by atoms with van der Waals surface area (Å²) in [6.07, 6.45) is 2.92. The molecule has 1 N–H and O–H groups in total. The second-order valence-corrected chi connectivity index (χ2v) is 5.28. The zero-order valence-electron chi connectivity index (χ0n) is 11.2. The third-order valence-electron chi connectivity index (χ3n) is 2.94. The lowest BCUT2D eigenvalue weighted by Gasteiger charge is -2.03. The Morgan fingerprint density at radius 3 is 2.68 bits per heavy atom. The Balaban J connectivity index is 1.97. The van der Waals surface area contributed by atoms with Crippen LogP contribution in [0.25, 0.3) is 11.4 Å². The van der Waals surface area contributed by atoms with E-state index in [1.165, 1.54) is 23.3 Å². The highest BCUT2D eigenvalue weighted by Crippen LogP contribution is 2.30. The molecule has 0 aliphatic rings. The van der Waals surface area contributed by atoms with Crippen molar-refractivity contribution < 1.29 is 5.11 Å². The molecule has 0 bridgehead atoms. The molecule has 3 rings (SSSR count). The van der Waals surface area contributed by atoms with Crippen molar-refractivity contribution in [2.45, 2.75) is 0 Å². The average molecular weight is 333 g/mol. The van der Waals surface area contributed by atoms with Crippen molar-refractivity contribution >= 4 is 29.4 Å². The van der Waals surface area contributed by atoms with E-state index in [0.717, 1.165) is 5.56 Å². The lowest BCUT2D eigenvalue weighted by Crippen LogP contribution is -1.94. The highest BCUT2D eigenvalue weighted by Gasteiger charge is 2.08. The minimum atomic E-state index is -0.0795. The van der Waals surface area contributed by atoms with Gasteiger partial charge in [0.15, 0.2) is 5.82 Å². The number of hydrogen-bond donors (Lipinski definition) is 1. The summed E-state index contributed by atoms with van der Waals surface area (Å²) in [7, 11) is 0. The van der Waals surface area contributed by atoms with Crippen LogP contribution in [0.2, 0.25) is 10.0 Å². The molecule has 0 amide bonds. The van der Waals surface area contributed by atoms with Gasteiger partial charge in [-0.3, -0.25) is 0 Å². The van der Waals surface area contributed by atoms with E-state index < -0.39 is 0 Å². The Hall–Kier alpha value is -2.37. The van der Waals surface area contributed by atoms with Crippen molar-refractivity contribution in [3.8, 4) is 17.1 Å². The number of aromatic hydroxyl groups is 1. The average Bonchev–Trinajstić information content (AvgIpc) is 2.99. The molecule has 0 spiro atoms. The highest BCUT2D eigenvalue weighted by molar-refractivity contribution is 6.36. The van der Waals surface area contributed by atoms with Crippen LogP contribution in [-0.4, -0.2) is 26.2 Å². The Labute approximate surface area is 136 Å². The molecule has 1 aromatic heterocycles. The minimum absolute atomic E-state index is 0.0795. The summed E-state index contributed by atoms with van der Waals surface area (Å²) in [4.78, 5) is 0. The van der Waals surface area contributed by atoms with Crippen LogP contribution < -0.4 is 0 Å². The first-order valence-corrected chi connectivity index (χ1v) is 7.08. The standard InChI is InChI=1S/C15H10Cl2N4O/c16-12-6-11(14(22)13(17)7-12)8-19-21-9-18-20-15(21)10-4-2-1-3-5-10/h1-9,22H/b19-8+. The molecular formula is C15H10Cl2N4O. The molecule has 0 atom stereocenters. The summed E-state index contributed by atoms with van der Waals surface area (Å²) < 4.78 is 1.50. The molecule has 0 saturated heterocycles. The SMILES string of the molecule is Oc1c(Cl)cc(Cl)cc1/C=N/n1cnnc1-c1ccccc1. The van der Waals surface area contributed by atoms with Gasteiger partial charge in [-0.1, -0.05) is 53.5 Å². The van der Waals surface area contributed by atoms with Crippen LogP contribution in [-0.2, 0) is 0 Å². The molecule has 5 nitrogen and oxygen atoms in total. The zero-order chi connectivity index (χ0) is 15.5. The summed E-state index contributed by atoms with van der Waals surface area (Å²) >= 11 is 11.8. The van der Waals surface area contributed by atoms with E-state index >= 15 is 0 Å². The Morgan fingerprint density at radius 1 is 1.14 bits per heavy atom. The normalized spacial score (nSPS) is 11.2. The summed E-state index contributed by atoms with van der Waals surface area (Å²) in [6, 6.07) is 12.6. The van der Waals surface area contributed by atoms with E-state index in [1.807, 2.05) is 30.3 Å². The lowest BCUT2D eigenvalue weighted by atomic mass is 10.2. The number of phenols is 1. The van der Waals surface area contributed by atoms with Crippen molar-refractivity contribution in [3.05, 3.63) is 64.4 Å². The second kappa shape index (κ2) is 6.17. The Kier molecular flexibility index (Phi) is 4.09. The summed E-state index contributed by atoms with van der Waals surface area (Å²) in [5, 5.41) is 22.6. The van der Waals surface area contributed by atoms with E-state index in [1.54, 1.807) is 6.07 Å². The smallest absolute Gasteiger partial charge is 0.184 e. The fourth-order valence-corrected chi connectivity index (χ4v) is 2.41. The van der Waals surface area contributed by atoms with Gasteiger partial charge in [-0.15, -0.1) is 10.2 Å². The fraction of sp³-hybridized carbons (Fsp3) is 0. The number of phenolic OH excluding ortho intramolecular Hbond substituents is 1. The molecule has 2 aromatic carbocycles. The van der Waals surface area contributed by atoms with E-state index in [-0.39, 0.29) is 10.8 Å². The van der Waals surface area contributed by atoms with Gasteiger partial charge in [-0.05, 0) is 12.1 Å². The largest absolute Gasteiger partial charge is 0.506 e. The molecule has 7 heteroatoms. The molecule has 22 heavy (non-hydrogen) atoms. The quantitative estimate of drug-likeness (QED) is 0.741. The third-order valence-corrected chi connectivity index (χ3v) is 3.45. The Bertz CT molecular complexity index is 831. The van der Waals surface area contributed by atoms with Crippen molar-refractivity contribution in [3.63, 3.8) is 0 Å². The first-order chi connectivity index (χ1) is 10.6. The van der Waals surface area contributed by atoms with Crippen LogP contribution in [0.15, 0.2) is 53.9 Å². The number of hydrogen-bond acceptors (Lipinski definition) is 4. The van der Waals surface area contributed by atoms with E-state index in [4.69, 9.17) is 23.2 Å². The maximum atomic E-state index is 9.91. The molecule has 110 valence electrons. The van der Waals surface area contributed by atoms with Gasteiger partial charge in [0, 0.05) is 16.1 Å². The van der Waals surface area contributed by atoms with Gasteiger partial charge in [0.1, 0.15) is 12.1 Å². The van der Waals surface area contributed by atoms with Gasteiger partial charge in [-0.2, -0.15) is 9.78 Å². The number of nitrogens with zero attached hydrogens (tertiary/aromatic N) is 4. The third kappa shape index (κ3) is 2.95. The predicted octanol–water partition coefficient (Wildman–Crippen LogP) is 3.84. The van der Waals surface area contributed by atoms with E-state index in [0.29, 0.717) is 16.4 Å². The molecule has 0 radical (unpaired) electrons. The molecule has 1 heterocycles. The molecule has 0 aliphatic carbocycles. The second-order valence-electron chi connectivity index (χ2n) is 4.44. The van der Waals surface area contributed by atoms with Crippen LogP contribution in [0, 0.1) is 0 Å². The molecular weight excluding hydrogens is 323 g/mol. The first kappa shape index (κ1) is 14.6. The molecule has 0 aliphatic heterocycles. The summed E-state index contributed by atoms with van der Waals surface area (Å²) in [6.45, 7) is 0. The number of halogens is 2.